The average molecular weight is 277 g/mol. The van der Waals surface area contributed by atoms with Crippen LogP contribution >= 0.6 is 0 Å². The van der Waals surface area contributed by atoms with Gasteiger partial charge >= 0.3 is 0 Å². The highest BCUT2D eigenvalue weighted by Gasteiger charge is 2.12. The first-order valence-electron chi connectivity index (χ1n) is 7.74. The van der Waals surface area contributed by atoms with E-state index in [1.165, 1.54) is 5.56 Å². The molecule has 0 fully saturated rings. The lowest BCUT2D eigenvalue weighted by Gasteiger charge is -2.23. The molecule has 0 saturated carbocycles. The molecule has 1 N–H and O–H groups in total. The molecule has 1 atom stereocenters. The van der Waals surface area contributed by atoms with Crippen molar-refractivity contribution < 1.29 is 4.74 Å². The van der Waals surface area contributed by atoms with E-state index in [-0.39, 0.29) is 0 Å². The van der Waals surface area contributed by atoms with Crippen LogP contribution in [0.4, 0.5) is 0 Å². The van der Waals surface area contributed by atoms with Gasteiger partial charge in [-0.3, -0.25) is 0 Å². The molecule has 1 unspecified atom stereocenters. The lowest BCUT2D eigenvalue weighted by atomic mass is 9.96. The van der Waals surface area contributed by atoms with Crippen molar-refractivity contribution in [1.29, 1.82) is 0 Å². The molecule has 1 aromatic rings. The summed E-state index contributed by atoms with van der Waals surface area (Å²) >= 11 is 0. The second kappa shape index (κ2) is 7.68. The van der Waals surface area contributed by atoms with Crippen LogP contribution in [-0.2, 0) is 0 Å². The SMILES string of the molecule is CC(C)CCOc1ccc(C(C)NCC(C)(C)C)cc1. The van der Waals surface area contributed by atoms with Gasteiger partial charge < -0.3 is 10.1 Å². The van der Waals surface area contributed by atoms with E-state index in [2.05, 4.69) is 71.1 Å². The fraction of sp³-hybridized carbons (Fsp3) is 0.667. The monoisotopic (exact) mass is 277 g/mol. The van der Waals surface area contributed by atoms with E-state index in [0.717, 1.165) is 25.3 Å². The van der Waals surface area contributed by atoms with Crippen LogP contribution in [-0.4, -0.2) is 13.2 Å². The first-order chi connectivity index (χ1) is 9.28. The van der Waals surface area contributed by atoms with E-state index in [9.17, 15) is 0 Å². The predicted octanol–water partition coefficient (Wildman–Crippen LogP) is 4.81. The normalized spacial score (nSPS) is 13.6. The molecule has 1 rings (SSSR count). The lowest BCUT2D eigenvalue weighted by Crippen LogP contribution is -2.29. The van der Waals surface area contributed by atoms with Gasteiger partial charge in [-0.1, -0.05) is 46.8 Å². The third-order valence-electron chi connectivity index (χ3n) is 3.28. The summed E-state index contributed by atoms with van der Waals surface area (Å²) in [4.78, 5) is 0. The maximum Gasteiger partial charge on any atom is 0.119 e. The third kappa shape index (κ3) is 6.95. The minimum atomic E-state index is 0.314. The quantitative estimate of drug-likeness (QED) is 0.772. The minimum absolute atomic E-state index is 0.314. The average Bonchev–Trinajstić information content (AvgIpc) is 2.35. The van der Waals surface area contributed by atoms with Crippen LogP contribution in [0.2, 0.25) is 0 Å². The fourth-order valence-corrected chi connectivity index (χ4v) is 1.84. The highest BCUT2D eigenvalue weighted by atomic mass is 16.5. The molecule has 2 heteroatoms. The van der Waals surface area contributed by atoms with Crippen molar-refractivity contribution in [2.75, 3.05) is 13.2 Å². The standard InChI is InChI=1S/C18H31NO/c1-14(2)11-12-20-17-9-7-16(8-10-17)15(3)19-13-18(4,5)6/h7-10,14-15,19H,11-13H2,1-6H3. The predicted molar refractivity (Wildman–Crippen MR) is 87.3 cm³/mol. The van der Waals surface area contributed by atoms with Crippen molar-refractivity contribution in [3.8, 4) is 5.75 Å². The van der Waals surface area contributed by atoms with E-state index < -0.39 is 0 Å². The molecule has 0 aliphatic heterocycles. The molecule has 0 aliphatic carbocycles. The first kappa shape index (κ1) is 17.0. The van der Waals surface area contributed by atoms with Gasteiger partial charge in [0.1, 0.15) is 5.75 Å². The number of hydrogen-bond donors (Lipinski definition) is 1. The second-order valence-corrected chi connectivity index (χ2v) is 7.26. The van der Waals surface area contributed by atoms with Crippen molar-refractivity contribution in [3.05, 3.63) is 29.8 Å². The van der Waals surface area contributed by atoms with Crippen LogP contribution in [0.5, 0.6) is 5.75 Å². The van der Waals surface area contributed by atoms with Gasteiger partial charge in [0.25, 0.3) is 0 Å². The largest absolute Gasteiger partial charge is 0.494 e. The molecule has 20 heavy (non-hydrogen) atoms. The van der Waals surface area contributed by atoms with Crippen LogP contribution in [0.3, 0.4) is 0 Å². The fourth-order valence-electron chi connectivity index (χ4n) is 1.84. The van der Waals surface area contributed by atoms with Crippen molar-refractivity contribution in [3.63, 3.8) is 0 Å². The Labute approximate surface area is 124 Å². The molecule has 0 aliphatic rings. The van der Waals surface area contributed by atoms with Crippen LogP contribution in [0.25, 0.3) is 0 Å². The molecule has 2 nitrogen and oxygen atoms in total. The summed E-state index contributed by atoms with van der Waals surface area (Å²) in [5.74, 6) is 1.66. The molecule has 0 spiro atoms. The number of hydrogen-bond acceptors (Lipinski definition) is 2. The Bertz CT molecular complexity index is 375. The smallest absolute Gasteiger partial charge is 0.119 e. The van der Waals surface area contributed by atoms with Crippen LogP contribution in [0.1, 0.15) is 59.6 Å². The van der Waals surface area contributed by atoms with Gasteiger partial charge in [0, 0.05) is 12.6 Å². The van der Waals surface area contributed by atoms with E-state index in [1.807, 2.05) is 0 Å². The van der Waals surface area contributed by atoms with Crippen molar-refractivity contribution in [2.45, 2.75) is 54.0 Å². The summed E-state index contributed by atoms with van der Waals surface area (Å²) in [5.41, 5.74) is 1.62. The van der Waals surface area contributed by atoms with Crippen LogP contribution in [0, 0.1) is 11.3 Å². The number of nitrogens with one attached hydrogen (secondary N) is 1. The Hall–Kier alpha value is -1.02. The second-order valence-electron chi connectivity index (χ2n) is 7.26. The number of benzene rings is 1. The van der Waals surface area contributed by atoms with Gasteiger partial charge in [-0.25, -0.2) is 0 Å². The maximum absolute atomic E-state index is 5.75. The highest BCUT2D eigenvalue weighted by Crippen LogP contribution is 2.20. The number of ether oxygens (including phenoxy) is 1. The zero-order chi connectivity index (χ0) is 15.2. The highest BCUT2D eigenvalue weighted by molar-refractivity contribution is 5.28. The van der Waals surface area contributed by atoms with Gasteiger partial charge in [0.2, 0.25) is 0 Å². The van der Waals surface area contributed by atoms with Crippen molar-refractivity contribution >= 4 is 0 Å². The minimum Gasteiger partial charge on any atom is -0.494 e. The molecule has 0 heterocycles. The van der Waals surface area contributed by atoms with Crippen molar-refractivity contribution in [2.24, 2.45) is 11.3 Å². The summed E-state index contributed by atoms with van der Waals surface area (Å²) in [6.45, 7) is 15.2. The Morgan fingerprint density at radius 3 is 2.15 bits per heavy atom. The molecular formula is C18H31NO. The topological polar surface area (TPSA) is 21.3 Å². The molecule has 1 aromatic carbocycles. The molecule has 0 radical (unpaired) electrons. The Kier molecular flexibility index (Phi) is 6.54. The zero-order valence-electron chi connectivity index (χ0n) is 14.0. The van der Waals surface area contributed by atoms with Crippen LogP contribution in [0.15, 0.2) is 24.3 Å². The summed E-state index contributed by atoms with van der Waals surface area (Å²) in [5, 5.41) is 3.58. The van der Waals surface area contributed by atoms with Gasteiger partial charge in [0.15, 0.2) is 0 Å². The first-order valence-corrected chi connectivity index (χ1v) is 7.74. The Morgan fingerprint density at radius 2 is 1.65 bits per heavy atom. The summed E-state index contributed by atoms with van der Waals surface area (Å²) in [6, 6.07) is 8.84. The molecule has 0 saturated heterocycles. The van der Waals surface area contributed by atoms with Crippen LogP contribution < -0.4 is 10.1 Å². The van der Waals surface area contributed by atoms with E-state index in [0.29, 0.717) is 17.4 Å². The summed E-state index contributed by atoms with van der Waals surface area (Å²) < 4.78 is 5.75. The summed E-state index contributed by atoms with van der Waals surface area (Å²) in [6.07, 6.45) is 1.10. The lowest BCUT2D eigenvalue weighted by molar-refractivity contribution is 0.289. The van der Waals surface area contributed by atoms with Gasteiger partial charge in [0.05, 0.1) is 6.61 Å². The Balaban J connectivity index is 2.45. The van der Waals surface area contributed by atoms with E-state index in [4.69, 9.17) is 4.74 Å². The number of rotatable bonds is 7. The molecular weight excluding hydrogens is 246 g/mol. The molecule has 0 amide bonds. The van der Waals surface area contributed by atoms with Gasteiger partial charge in [-0.15, -0.1) is 0 Å². The van der Waals surface area contributed by atoms with E-state index >= 15 is 0 Å². The molecule has 0 bridgehead atoms. The van der Waals surface area contributed by atoms with E-state index in [1.54, 1.807) is 0 Å². The molecule has 0 aromatic heterocycles. The zero-order valence-corrected chi connectivity index (χ0v) is 14.0. The van der Waals surface area contributed by atoms with Crippen molar-refractivity contribution in [1.82, 2.24) is 5.32 Å². The third-order valence-corrected chi connectivity index (χ3v) is 3.28. The summed E-state index contributed by atoms with van der Waals surface area (Å²) in [7, 11) is 0. The maximum atomic E-state index is 5.75. The van der Waals surface area contributed by atoms with Gasteiger partial charge in [-0.2, -0.15) is 0 Å². The molecule has 114 valence electrons. The Morgan fingerprint density at radius 1 is 1.05 bits per heavy atom. The van der Waals surface area contributed by atoms with Gasteiger partial charge in [-0.05, 0) is 42.4 Å².